The number of hydrogen-bond acceptors (Lipinski definition) is 8. The van der Waals surface area contributed by atoms with Crippen LogP contribution in [0.25, 0.3) is 11.2 Å². The molecule has 3 rings (SSSR count). The Morgan fingerprint density at radius 1 is 1.03 bits per heavy atom. The van der Waals surface area contributed by atoms with Gasteiger partial charge in [-0.2, -0.15) is 15.0 Å². The quantitative estimate of drug-likeness (QED) is 0.239. The van der Waals surface area contributed by atoms with E-state index in [-0.39, 0.29) is 24.6 Å². The van der Waals surface area contributed by atoms with E-state index < -0.39 is 17.3 Å². The Kier molecular flexibility index (Phi) is 8.19. The van der Waals surface area contributed by atoms with Gasteiger partial charge in [-0.05, 0) is 58.7 Å². The number of nitrogens with zero attached hydrogens (tertiary/aromatic N) is 5. The highest BCUT2D eigenvalue weighted by Crippen LogP contribution is 2.30. The van der Waals surface area contributed by atoms with Gasteiger partial charge in [0.25, 0.3) is 6.01 Å². The van der Waals surface area contributed by atoms with Gasteiger partial charge in [0.2, 0.25) is 5.28 Å². The van der Waals surface area contributed by atoms with Gasteiger partial charge in [-0.3, -0.25) is 4.57 Å². The zero-order valence-corrected chi connectivity index (χ0v) is 21.9. The fourth-order valence-corrected chi connectivity index (χ4v) is 3.22. The number of rotatable bonds is 8. The summed E-state index contributed by atoms with van der Waals surface area (Å²) in [6.07, 6.45) is -0.680. The molecule has 10 nitrogen and oxygen atoms in total. The van der Waals surface area contributed by atoms with Gasteiger partial charge in [-0.1, -0.05) is 30.3 Å². The van der Waals surface area contributed by atoms with Crippen LogP contribution >= 0.6 is 11.6 Å². The molecule has 35 heavy (non-hydrogen) atoms. The van der Waals surface area contributed by atoms with Gasteiger partial charge in [-0.25, -0.2) is 9.69 Å². The molecule has 190 valence electrons. The molecule has 0 fully saturated rings. The first-order valence-corrected chi connectivity index (χ1v) is 11.5. The van der Waals surface area contributed by atoms with Crippen molar-refractivity contribution in [3.8, 4) is 6.01 Å². The van der Waals surface area contributed by atoms with Gasteiger partial charge in [0.1, 0.15) is 19.1 Å². The van der Waals surface area contributed by atoms with Gasteiger partial charge in [0.15, 0.2) is 17.0 Å². The van der Waals surface area contributed by atoms with E-state index in [1.807, 2.05) is 51.1 Å². The summed E-state index contributed by atoms with van der Waals surface area (Å²) in [5.41, 5.74) is 0.560. The summed E-state index contributed by atoms with van der Waals surface area (Å²) in [5.74, 6) is 0.134. The second-order valence-corrected chi connectivity index (χ2v) is 10.1. The van der Waals surface area contributed by atoms with E-state index in [0.717, 1.165) is 5.56 Å². The Morgan fingerprint density at radius 3 is 2.31 bits per heavy atom. The highest BCUT2D eigenvalue weighted by Gasteiger charge is 2.29. The van der Waals surface area contributed by atoms with Crippen molar-refractivity contribution in [3.05, 3.63) is 41.2 Å². The number of anilines is 1. The molecule has 0 atom stereocenters. The molecule has 0 aliphatic carbocycles. The third-order valence-electron chi connectivity index (χ3n) is 4.55. The summed E-state index contributed by atoms with van der Waals surface area (Å²) in [7, 11) is 1.51. The zero-order chi connectivity index (χ0) is 25.8. The van der Waals surface area contributed by atoms with Gasteiger partial charge in [-0.15, -0.1) is 0 Å². The Bertz CT molecular complexity index is 1160. The van der Waals surface area contributed by atoms with Crippen LogP contribution in [0, 0.1) is 0 Å². The van der Waals surface area contributed by atoms with E-state index in [0.29, 0.717) is 23.7 Å². The van der Waals surface area contributed by atoms with Crippen molar-refractivity contribution in [2.24, 2.45) is 0 Å². The molecule has 11 heteroatoms. The molecule has 2 aromatic heterocycles. The van der Waals surface area contributed by atoms with Crippen molar-refractivity contribution < 1.29 is 23.7 Å². The molecule has 1 amide bonds. The largest absolute Gasteiger partial charge is 0.468 e. The fourth-order valence-electron chi connectivity index (χ4n) is 3.06. The summed E-state index contributed by atoms with van der Waals surface area (Å²) >= 11 is 6.31. The normalized spacial score (nSPS) is 12.1. The first-order chi connectivity index (χ1) is 16.4. The summed E-state index contributed by atoms with van der Waals surface area (Å²) < 4.78 is 24.1. The van der Waals surface area contributed by atoms with Crippen LogP contribution in [-0.2, 0) is 20.8 Å². The van der Waals surface area contributed by atoms with E-state index in [1.165, 1.54) is 12.0 Å². The molecule has 0 unspecified atom stereocenters. The van der Waals surface area contributed by atoms with Crippen molar-refractivity contribution in [3.63, 3.8) is 0 Å². The predicted octanol–water partition coefficient (Wildman–Crippen LogP) is 5.02. The van der Waals surface area contributed by atoms with Crippen LogP contribution in [0.2, 0.25) is 5.28 Å². The summed E-state index contributed by atoms with van der Waals surface area (Å²) in [6.45, 7) is 11.2. The molecule has 0 saturated heterocycles. The number of carbonyl (C=O) groups excluding carboxylic acids is 1. The Hall–Kier alpha value is -2.95. The average Bonchev–Trinajstić information content (AvgIpc) is 3.09. The molecule has 1 aromatic carbocycles. The first kappa shape index (κ1) is 26.7. The third kappa shape index (κ3) is 7.27. The molecular weight excluding hydrogens is 474 g/mol. The average molecular weight is 506 g/mol. The van der Waals surface area contributed by atoms with Gasteiger partial charge in [0.05, 0.1) is 19.3 Å². The number of methoxy groups -OCH3 is 1. The Labute approximate surface area is 210 Å². The summed E-state index contributed by atoms with van der Waals surface area (Å²) in [6, 6.07) is 10.1. The molecule has 0 saturated carbocycles. The molecule has 3 aromatic rings. The molecule has 0 N–H and O–H groups in total. The van der Waals surface area contributed by atoms with Crippen LogP contribution in [0.5, 0.6) is 6.01 Å². The van der Waals surface area contributed by atoms with Crippen LogP contribution in [-0.4, -0.2) is 57.4 Å². The first-order valence-electron chi connectivity index (χ1n) is 11.1. The number of benzene rings is 1. The minimum atomic E-state index is -0.752. The lowest BCUT2D eigenvalue weighted by Crippen LogP contribution is -2.39. The van der Waals surface area contributed by atoms with Crippen LogP contribution in [0.4, 0.5) is 10.6 Å². The van der Waals surface area contributed by atoms with E-state index >= 15 is 0 Å². The Morgan fingerprint density at radius 2 is 1.71 bits per heavy atom. The maximum atomic E-state index is 13.2. The standard InChI is InChI=1S/C24H32ClN5O5/c1-23(2,3)34-15-33-14-30(22(31)35-24(4,5)6)19-17-18(27-20(25)28-19)29(21(26-17)32-7)13-16-11-9-8-10-12-16/h8-12H,13-15H2,1-7H3. The monoisotopic (exact) mass is 505 g/mol. The van der Waals surface area contributed by atoms with Crippen LogP contribution < -0.4 is 9.64 Å². The molecule has 0 bridgehead atoms. The lowest BCUT2D eigenvalue weighted by atomic mass is 10.2. The molecule has 0 radical (unpaired) electrons. The number of amides is 1. The smallest absolute Gasteiger partial charge is 0.418 e. The SMILES string of the molecule is COc1nc2c(N(COCOC(C)(C)C)C(=O)OC(C)(C)C)nc(Cl)nc2n1Cc1ccccc1. The van der Waals surface area contributed by atoms with Crippen LogP contribution in [0.15, 0.2) is 30.3 Å². The summed E-state index contributed by atoms with van der Waals surface area (Å²) in [5, 5.41) is -0.0659. The van der Waals surface area contributed by atoms with Gasteiger partial charge in [0, 0.05) is 0 Å². The highest BCUT2D eigenvalue weighted by atomic mass is 35.5. The molecule has 0 aliphatic heterocycles. The number of aromatic nitrogens is 4. The van der Waals surface area contributed by atoms with E-state index in [9.17, 15) is 4.79 Å². The van der Waals surface area contributed by atoms with Gasteiger partial charge < -0.3 is 18.9 Å². The van der Waals surface area contributed by atoms with Crippen molar-refractivity contribution in [2.45, 2.75) is 59.3 Å². The second-order valence-electron chi connectivity index (χ2n) is 9.77. The van der Waals surface area contributed by atoms with Crippen molar-refractivity contribution >= 4 is 34.7 Å². The maximum absolute atomic E-state index is 13.2. The number of carbonyl (C=O) groups is 1. The Balaban J connectivity index is 2.04. The van der Waals surface area contributed by atoms with E-state index in [1.54, 1.807) is 25.3 Å². The molecule has 2 heterocycles. The van der Waals surface area contributed by atoms with E-state index in [4.69, 9.17) is 30.5 Å². The lowest BCUT2D eigenvalue weighted by Gasteiger charge is -2.27. The second kappa shape index (κ2) is 10.8. The topological polar surface area (TPSA) is 101 Å². The maximum Gasteiger partial charge on any atom is 0.418 e. The van der Waals surface area contributed by atoms with Crippen LogP contribution in [0.1, 0.15) is 47.1 Å². The number of hydrogen-bond donors (Lipinski definition) is 0. The van der Waals surface area contributed by atoms with Crippen molar-refractivity contribution in [1.82, 2.24) is 19.5 Å². The number of halogens is 1. The van der Waals surface area contributed by atoms with Crippen molar-refractivity contribution in [1.29, 1.82) is 0 Å². The van der Waals surface area contributed by atoms with Crippen molar-refractivity contribution in [2.75, 3.05) is 25.5 Å². The third-order valence-corrected chi connectivity index (χ3v) is 4.71. The zero-order valence-electron chi connectivity index (χ0n) is 21.2. The fraction of sp³-hybridized carbons (Fsp3) is 0.500. The number of fused-ring (bicyclic) bond motifs is 1. The van der Waals surface area contributed by atoms with E-state index in [2.05, 4.69) is 15.0 Å². The molecule has 0 spiro atoms. The summed E-state index contributed by atoms with van der Waals surface area (Å²) in [4.78, 5) is 27.6. The molecule has 0 aliphatic rings. The lowest BCUT2D eigenvalue weighted by molar-refractivity contribution is -0.119. The minimum Gasteiger partial charge on any atom is -0.468 e. The minimum absolute atomic E-state index is 0.0451. The predicted molar refractivity (Wildman–Crippen MR) is 133 cm³/mol. The van der Waals surface area contributed by atoms with Gasteiger partial charge >= 0.3 is 6.09 Å². The number of imidazole rings is 1. The van der Waals surface area contributed by atoms with Crippen LogP contribution in [0.3, 0.4) is 0 Å². The highest BCUT2D eigenvalue weighted by molar-refractivity contribution is 6.28. The number of ether oxygens (including phenoxy) is 4. The molecular formula is C24H32ClN5O5.